The Morgan fingerprint density at radius 3 is 2.50 bits per heavy atom. The molecule has 6 heteroatoms. The molecule has 0 spiro atoms. The molecule has 4 nitrogen and oxygen atoms in total. The van der Waals surface area contributed by atoms with Gasteiger partial charge in [-0.15, -0.1) is 5.10 Å². The van der Waals surface area contributed by atoms with Crippen LogP contribution in [0, 0.1) is 11.6 Å². The van der Waals surface area contributed by atoms with Crippen molar-refractivity contribution in [2.24, 2.45) is 7.05 Å². The summed E-state index contributed by atoms with van der Waals surface area (Å²) in [7, 11) is 1.69. The summed E-state index contributed by atoms with van der Waals surface area (Å²) in [6, 6.07) is 3.23. The number of hydrogen-bond acceptors (Lipinski definition) is 3. The Balaban J connectivity index is 2.52. The van der Waals surface area contributed by atoms with Crippen LogP contribution in [-0.2, 0) is 7.05 Å². The lowest BCUT2D eigenvalue weighted by Gasteiger charge is -2.19. The number of hydrogen-bond donors (Lipinski definition) is 1. The highest BCUT2D eigenvalue weighted by molar-refractivity contribution is 5.29. The number of nitrogens with one attached hydrogen (secondary N) is 1. The van der Waals surface area contributed by atoms with Gasteiger partial charge in [0.1, 0.15) is 11.6 Å². The third-order valence-corrected chi connectivity index (χ3v) is 2.74. The minimum absolute atomic E-state index is 0.00949. The van der Waals surface area contributed by atoms with Gasteiger partial charge >= 0.3 is 0 Å². The minimum Gasteiger partial charge on any atom is -0.305 e. The summed E-state index contributed by atoms with van der Waals surface area (Å²) in [5.41, 5.74) is 0.602. The zero-order chi connectivity index (χ0) is 13.1. The molecule has 2 aromatic rings. The molecule has 1 aromatic carbocycles. The van der Waals surface area contributed by atoms with E-state index in [9.17, 15) is 8.78 Å². The fourth-order valence-corrected chi connectivity index (χ4v) is 1.90. The summed E-state index contributed by atoms with van der Waals surface area (Å²) >= 11 is 0. The first-order valence-corrected chi connectivity index (χ1v) is 5.67. The molecule has 0 radical (unpaired) electrons. The number of rotatable bonds is 4. The summed E-state index contributed by atoms with van der Waals surface area (Å²) in [5.74, 6) is -1.16. The van der Waals surface area contributed by atoms with Crippen LogP contribution >= 0.6 is 0 Å². The van der Waals surface area contributed by atoms with Gasteiger partial charge in [0, 0.05) is 12.6 Å². The first-order valence-electron chi connectivity index (χ1n) is 5.67. The molecule has 18 heavy (non-hydrogen) atoms. The van der Waals surface area contributed by atoms with E-state index in [1.54, 1.807) is 7.05 Å². The standard InChI is InChI=1S/C12H14F2N4/c1-3-15-12(10-7-16-17-18(10)2)11-8(13)5-4-6-9(11)14/h4-7,12,15H,3H2,1-2H3. The van der Waals surface area contributed by atoms with Gasteiger partial charge in [-0.25, -0.2) is 8.78 Å². The fraction of sp³-hybridized carbons (Fsp3) is 0.333. The van der Waals surface area contributed by atoms with Gasteiger partial charge in [0.2, 0.25) is 0 Å². The fourth-order valence-electron chi connectivity index (χ4n) is 1.90. The van der Waals surface area contributed by atoms with Crippen LogP contribution in [0.5, 0.6) is 0 Å². The molecule has 1 unspecified atom stereocenters. The van der Waals surface area contributed by atoms with Crippen molar-refractivity contribution in [2.45, 2.75) is 13.0 Å². The maximum atomic E-state index is 13.8. The van der Waals surface area contributed by atoms with E-state index < -0.39 is 17.7 Å². The van der Waals surface area contributed by atoms with Gasteiger partial charge in [-0.3, -0.25) is 4.68 Å². The van der Waals surface area contributed by atoms with Crippen LogP contribution < -0.4 is 5.32 Å². The molecular weight excluding hydrogens is 238 g/mol. The summed E-state index contributed by atoms with van der Waals surface area (Å²) < 4.78 is 29.1. The molecule has 96 valence electrons. The number of benzene rings is 1. The Morgan fingerprint density at radius 2 is 2.00 bits per heavy atom. The molecule has 0 saturated carbocycles. The van der Waals surface area contributed by atoms with Crippen molar-refractivity contribution in [3.63, 3.8) is 0 Å². The highest BCUT2D eigenvalue weighted by Crippen LogP contribution is 2.25. The summed E-state index contributed by atoms with van der Waals surface area (Å²) in [6.07, 6.45) is 1.50. The largest absolute Gasteiger partial charge is 0.305 e. The third kappa shape index (κ3) is 2.24. The van der Waals surface area contributed by atoms with Crippen molar-refractivity contribution < 1.29 is 8.78 Å². The van der Waals surface area contributed by atoms with Gasteiger partial charge in [-0.05, 0) is 18.7 Å². The SMILES string of the molecule is CCNC(c1c(F)cccc1F)c1cnnn1C. The second kappa shape index (κ2) is 5.22. The Morgan fingerprint density at radius 1 is 1.33 bits per heavy atom. The molecule has 0 saturated heterocycles. The molecule has 1 heterocycles. The predicted molar refractivity (Wildman–Crippen MR) is 62.9 cm³/mol. The lowest BCUT2D eigenvalue weighted by atomic mass is 10.0. The zero-order valence-corrected chi connectivity index (χ0v) is 10.2. The topological polar surface area (TPSA) is 42.7 Å². The number of halogens is 2. The molecule has 0 aliphatic rings. The predicted octanol–water partition coefficient (Wildman–Crippen LogP) is 1.79. The van der Waals surface area contributed by atoms with Gasteiger partial charge in [-0.1, -0.05) is 18.2 Å². The van der Waals surface area contributed by atoms with Crippen molar-refractivity contribution in [3.05, 3.63) is 47.3 Å². The van der Waals surface area contributed by atoms with E-state index in [1.165, 1.54) is 29.1 Å². The van der Waals surface area contributed by atoms with Crippen molar-refractivity contribution in [1.82, 2.24) is 20.3 Å². The van der Waals surface area contributed by atoms with Crippen LogP contribution in [0.15, 0.2) is 24.4 Å². The first kappa shape index (κ1) is 12.6. The maximum Gasteiger partial charge on any atom is 0.131 e. The monoisotopic (exact) mass is 252 g/mol. The Bertz CT molecular complexity index is 518. The van der Waals surface area contributed by atoms with E-state index in [0.717, 1.165) is 0 Å². The van der Waals surface area contributed by atoms with E-state index >= 15 is 0 Å². The van der Waals surface area contributed by atoms with Crippen LogP contribution in [0.1, 0.15) is 24.2 Å². The molecule has 1 aromatic heterocycles. The maximum absolute atomic E-state index is 13.8. The van der Waals surface area contributed by atoms with E-state index in [4.69, 9.17) is 0 Å². The van der Waals surface area contributed by atoms with Crippen LogP contribution in [0.3, 0.4) is 0 Å². The van der Waals surface area contributed by atoms with E-state index in [-0.39, 0.29) is 5.56 Å². The van der Waals surface area contributed by atoms with Crippen LogP contribution in [-0.4, -0.2) is 21.5 Å². The van der Waals surface area contributed by atoms with E-state index in [0.29, 0.717) is 12.2 Å². The van der Waals surface area contributed by atoms with Gasteiger partial charge in [-0.2, -0.15) is 0 Å². The van der Waals surface area contributed by atoms with Crippen molar-refractivity contribution in [1.29, 1.82) is 0 Å². The van der Waals surface area contributed by atoms with Gasteiger partial charge in [0.25, 0.3) is 0 Å². The van der Waals surface area contributed by atoms with Crippen molar-refractivity contribution in [3.8, 4) is 0 Å². The molecule has 0 fully saturated rings. The minimum atomic E-state index is -0.601. The lowest BCUT2D eigenvalue weighted by molar-refractivity contribution is 0.492. The van der Waals surface area contributed by atoms with Crippen LogP contribution in [0.4, 0.5) is 8.78 Å². The second-order valence-corrected chi connectivity index (χ2v) is 3.91. The molecule has 0 amide bonds. The summed E-state index contributed by atoms with van der Waals surface area (Å²) in [6.45, 7) is 2.44. The van der Waals surface area contributed by atoms with Gasteiger partial charge in [0.15, 0.2) is 0 Å². The molecular formula is C12H14F2N4. The normalized spacial score (nSPS) is 12.7. The van der Waals surface area contributed by atoms with E-state index in [1.807, 2.05) is 6.92 Å². The number of aryl methyl sites for hydroxylation is 1. The number of nitrogens with zero attached hydrogens (tertiary/aromatic N) is 3. The molecule has 2 rings (SSSR count). The third-order valence-electron chi connectivity index (χ3n) is 2.74. The summed E-state index contributed by atoms with van der Waals surface area (Å²) in [4.78, 5) is 0. The summed E-state index contributed by atoms with van der Waals surface area (Å²) in [5, 5.41) is 10.6. The van der Waals surface area contributed by atoms with Gasteiger partial charge < -0.3 is 5.32 Å². The quantitative estimate of drug-likeness (QED) is 0.902. The molecule has 0 aliphatic heterocycles. The van der Waals surface area contributed by atoms with Crippen molar-refractivity contribution >= 4 is 0 Å². The lowest BCUT2D eigenvalue weighted by Crippen LogP contribution is -2.26. The Hall–Kier alpha value is -1.82. The van der Waals surface area contributed by atoms with E-state index in [2.05, 4.69) is 15.6 Å². The molecule has 0 bridgehead atoms. The Kier molecular flexibility index (Phi) is 3.66. The number of aromatic nitrogens is 3. The molecule has 1 N–H and O–H groups in total. The highest BCUT2D eigenvalue weighted by Gasteiger charge is 2.23. The van der Waals surface area contributed by atoms with Gasteiger partial charge in [0.05, 0.1) is 17.9 Å². The smallest absolute Gasteiger partial charge is 0.131 e. The highest BCUT2D eigenvalue weighted by atomic mass is 19.1. The average Bonchev–Trinajstić information content (AvgIpc) is 2.74. The Labute approximate surface area is 104 Å². The zero-order valence-electron chi connectivity index (χ0n) is 10.2. The first-order chi connectivity index (χ1) is 8.65. The molecule has 1 atom stereocenters. The van der Waals surface area contributed by atoms with Crippen molar-refractivity contribution in [2.75, 3.05) is 6.54 Å². The average molecular weight is 252 g/mol. The van der Waals surface area contributed by atoms with Crippen LogP contribution in [0.25, 0.3) is 0 Å². The second-order valence-electron chi connectivity index (χ2n) is 3.91. The molecule has 0 aliphatic carbocycles. The van der Waals surface area contributed by atoms with Crippen LogP contribution in [0.2, 0.25) is 0 Å².